The monoisotopic (exact) mass is 465 g/mol. The average Bonchev–Trinajstić information content (AvgIpc) is 3.14. The maximum atomic E-state index is 8.75. The van der Waals surface area contributed by atoms with Crippen LogP contribution in [-0.2, 0) is 6.54 Å². The number of pyridine rings is 2. The summed E-state index contributed by atoms with van der Waals surface area (Å²) in [5.74, 6) is 1.80. The van der Waals surface area contributed by atoms with E-state index in [2.05, 4.69) is 20.7 Å². The number of ether oxygens (including phenoxy) is 1. The summed E-state index contributed by atoms with van der Waals surface area (Å²) in [5.41, 5.74) is 1.78. The maximum absolute atomic E-state index is 8.75. The minimum Gasteiger partial charge on any atom is -0.478 e. The van der Waals surface area contributed by atoms with Crippen LogP contribution in [0.4, 0.5) is 5.82 Å². The third-order valence-corrected chi connectivity index (χ3v) is 5.46. The Kier molecular flexibility index (Phi) is 6.55. The highest BCUT2D eigenvalue weighted by molar-refractivity contribution is 6.30. The van der Waals surface area contributed by atoms with Crippen LogP contribution >= 0.6 is 11.6 Å². The second-order valence-corrected chi connectivity index (χ2v) is 7.89. The molecule has 1 unspecified atom stereocenters. The quantitative estimate of drug-likeness (QED) is 0.341. The summed E-state index contributed by atoms with van der Waals surface area (Å²) in [6.07, 6.45) is 8.36. The van der Waals surface area contributed by atoms with Crippen LogP contribution in [0.3, 0.4) is 0 Å². The number of allylic oxidation sites excluding steroid dienone is 1. The number of fused-ring (bicyclic) bond motifs is 1. The van der Waals surface area contributed by atoms with Gasteiger partial charge in [-0.3, -0.25) is 20.1 Å². The number of nitrogens with zero attached hydrogens (tertiary/aromatic N) is 4. The van der Waals surface area contributed by atoms with E-state index in [9.17, 15) is 0 Å². The van der Waals surface area contributed by atoms with Crippen molar-refractivity contribution in [2.24, 2.45) is 5.92 Å². The van der Waals surface area contributed by atoms with Gasteiger partial charge < -0.3 is 20.8 Å². The zero-order valence-corrected chi connectivity index (χ0v) is 18.7. The highest BCUT2D eigenvalue weighted by Crippen LogP contribution is 2.27. The van der Waals surface area contributed by atoms with Crippen molar-refractivity contribution in [1.82, 2.24) is 24.6 Å². The molecule has 10 nitrogen and oxygen atoms in total. The zero-order chi connectivity index (χ0) is 23.4. The summed E-state index contributed by atoms with van der Waals surface area (Å²) in [6.45, 7) is 0.910. The predicted octanol–water partition coefficient (Wildman–Crippen LogP) is 2.93. The fourth-order valence-electron chi connectivity index (χ4n) is 3.65. The molecule has 0 aromatic carbocycles. The van der Waals surface area contributed by atoms with Crippen molar-refractivity contribution in [2.75, 3.05) is 19.0 Å². The van der Waals surface area contributed by atoms with Crippen LogP contribution in [0.15, 0.2) is 54.8 Å². The lowest BCUT2D eigenvalue weighted by Gasteiger charge is -2.18. The van der Waals surface area contributed by atoms with Crippen molar-refractivity contribution in [3.63, 3.8) is 0 Å². The summed E-state index contributed by atoms with van der Waals surface area (Å²) in [4.78, 5) is 4.32. The number of nitrogens with one attached hydrogen (secondary N) is 5. The minimum atomic E-state index is -0.167. The fourth-order valence-corrected chi connectivity index (χ4v) is 3.80. The Balaban J connectivity index is 1.63. The standard InChI is InChI=1S/C22H24ClN9O/c1-27-19(2-5-24)30-20-9-14(3-6-28-20)16-8-18(25)32-21(10-16)33-7-4-15(22(32)26)12-31-13-17(23)11-29-31/h2-3,5-6,8-11,13,15,24-27H,4,7,12H2,1H3,(H,28,30)/b19-2+,24-5?,25-18?,26-22?. The third-order valence-electron chi connectivity index (χ3n) is 5.26. The molecule has 0 amide bonds. The maximum Gasteiger partial charge on any atom is 0.201 e. The lowest BCUT2D eigenvalue weighted by Crippen LogP contribution is -2.32. The Morgan fingerprint density at radius 2 is 2.15 bits per heavy atom. The Morgan fingerprint density at radius 3 is 2.88 bits per heavy atom. The first-order valence-electron chi connectivity index (χ1n) is 10.3. The minimum absolute atomic E-state index is 0.156. The lowest BCUT2D eigenvalue weighted by molar-refractivity contribution is 0.286. The van der Waals surface area contributed by atoms with Gasteiger partial charge in [-0.25, -0.2) is 4.98 Å². The second kappa shape index (κ2) is 9.70. The second-order valence-electron chi connectivity index (χ2n) is 7.45. The van der Waals surface area contributed by atoms with Crippen LogP contribution in [0.25, 0.3) is 11.1 Å². The molecule has 4 heterocycles. The smallest absolute Gasteiger partial charge is 0.201 e. The van der Waals surface area contributed by atoms with Crippen LogP contribution in [0.2, 0.25) is 5.02 Å². The van der Waals surface area contributed by atoms with Crippen molar-refractivity contribution in [3.05, 3.63) is 65.3 Å². The Bertz CT molecular complexity index is 1280. The summed E-state index contributed by atoms with van der Waals surface area (Å²) in [7, 11) is 1.75. The lowest BCUT2D eigenvalue weighted by atomic mass is 10.0. The molecule has 11 heteroatoms. The van der Waals surface area contributed by atoms with Gasteiger partial charge in [0.2, 0.25) is 5.88 Å². The van der Waals surface area contributed by atoms with Crippen molar-refractivity contribution in [2.45, 2.75) is 13.0 Å². The molecule has 0 spiro atoms. The van der Waals surface area contributed by atoms with E-state index in [1.807, 2.05) is 18.2 Å². The molecule has 33 heavy (non-hydrogen) atoms. The van der Waals surface area contributed by atoms with E-state index < -0.39 is 0 Å². The molecule has 3 aromatic heterocycles. The molecule has 0 saturated heterocycles. The highest BCUT2D eigenvalue weighted by Gasteiger charge is 2.24. The normalized spacial score (nSPS) is 15.9. The Morgan fingerprint density at radius 1 is 1.30 bits per heavy atom. The zero-order valence-electron chi connectivity index (χ0n) is 18.0. The number of hydrogen-bond acceptors (Lipinski definition) is 8. The molecular weight excluding hydrogens is 442 g/mol. The van der Waals surface area contributed by atoms with E-state index in [0.29, 0.717) is 42.1 Å². The van der Waals surface area contributed by atoms with E-state index in [1.165, 1.54) is 10.8 Å². The molecule has 0 radical (unpaired) electrons. The first kappa shape index (κ1) is 22.3. The van der Waals surface area contributed by atoms with Gasteiger partial charge in [0, 0.05) is 37.6 Å². The van der Waals surface area contributed by atoms with Gasteiger partial charge in [-0.2, -0.15) is 5.10 Å². The van der Waals surface area contributed by atoms with Gasteiger partial charge in [-0.05, 0) is 41.8 Å². The van der Waals surface area contributed by atoms with Gasteiger partial charge in [0.1, 0.15) is 23.0 Å². The summed E-state index contributed by atoms with van der Waals surface area (Å²) in [5, 5.41) is 35.4. The van der Waals surface area contributed by atoms with Gasteiger partial charge in [0.15, 0.2) is 0 Å². The molecule has 1 atom stereocenters. The van der Waals surface area contributed by atoms with Crippen molar-refractivity contribution in [1.29, 1.82) is 16.2 Å². The topological polar surface area (TPSA) is 140 Å². The van der Waals surface area contributed by atoms with Gasteiger partial charge in [0.05, 0.1) is 24.4 Å². The molecule has 0 bridgehead atoms. The Hall–Kier alpha value is -3.92. The van der Waals surface area contributed by atoms with E-state index >= 15 is 0 Å². The number of hydrogen-bond donors (Lipinski definition) is 5. The largest absolute Gasteiger partial charge is 0.478 e. The number of rotatable bonds is 7. The van der Waals surface area contributed by atoms with Gasteiger partial charge in [-0.1, -0.05) is 11.6 Å². The first-order valence-corrected chi connectivity index (χ1v) is 10.7. The molecule has 0 aliphatic carbocycles. The van der Waals surface area contributed by atoms with E-state index in [0.717, 1.165) is 11.1 Å². The van der Waals surface area contributed by atoms with Crippen LogP contribution in [0, 0.1) is 22.1 Å². The number of aromatic nitrogens is 4. The van der Waals surface area contributed by atoms with Crippen molar-refractivity contribution in [3.8, 4) is 17.0 Å². The van der Waals surface area contributed by atoms with Gasteiger partial charge in [0.25, 0.3) is 0 Å². The molecule has 4 rings (SSSR count). The van der Waals surface area contributed by atoms with E-state index in [1.54, 1.807) is 42.5 Å². The molecule has 0 saturated carbocycles. The molecular formula is C22H24ClN9O. The van der Waals surface area contributed by atoms with Crippen molar-refractivity contribution < 1.29 is 4.74 Å². The molecule has 1 aliphatic rings. The molecule has 3 aromatic rings. The van der Waals surface area contributed by atoms with Gasteiger partial charge in [-0.15, -0.1) is 0 Å². The summed E-state index contributed by atoms with van der Waals surface area (Å²) in [6, 6.07) is 7.25. The number of anilines is 1. The van der Waals surface area contributed by atoms with Crippen LogP contribution < -0.4 is 20.9 Å². The molecule has 170 valence electrons. The number of halogens is 1. The molecule has 5 N–H and O–H groups in total. The highest BCUT2D eigenvalue weighted by atomic mass is 35.5. The van der Waals surface area contributed by atoms with Crippen LogP contribution in [0.5, 0.6) is 5.88 Å². The van der Waals surface area contributed by atoms with E-state index in [-0.39, 0.29) is 17.2 Å². The first-order chi connectivity index (χ1) is 16.0. The van der Waals surface area contributed by atoms with Gasteiger partial charge >= 0.3 is 0 Å². The van der Waals surface area contributed by atoms with Crippen LogP contribution in [-0.4, -0.2) is 45.0 Å². The van der Waals surface area contributed by atoms with Crippen LogP contribution in [0.1, 0.15) is 6.42 Å². The average molecular weight is 466 g/mol. The van der Waals surface area contributed by atoms with Crippen molar-refractivity contribution >= 4 is 29.5 Å². The van der Waals surface area contributed by atoms with E-state index in [4.69, 9.17) is 32.6 Å². The summed E-state index contributed by atoms with van der Waals surface area (Å²) < 4.78 is 9.19. The molecule has 1 aliphatic heterocycles. The SMILES string of the molecule is CN/C(=C\C=N)Nc1cc(-c2cc3n(c(=N)c2)C(=N)C(Cn2cc(Cl)cn2)CCO3)ccn1. The fraction of sp³-hybridized carbons (Fsp3) is 0.227. The third kappa shape index (κ3) is 4.96. The molecule has 0 fully saturated rings. The Labute approximate surface area is 195 Å². The predicted molar refractivity (Wildman–Crippen MR) is 127 cm³/mol. The summed E-state index contributed by atoms with van der Waals surface area (Å²) >= 11 is 5.97.